The Labute approximate surface area is 537 Å². The Morgan fingerprint density at radius 1 is 0.419 bits per heavy atom. The standard InChI is InChI=1S/C77H149N2O6P/c1-6-8-10-12-14-16-18-20-22-24-26-28-30-32-34-36-37-38-39-40-41-43-45-47-49-51-53-55-57-59-61-63-65-67-69-71-77(81)78-75(74-85-86(82,83)84-73-72-79(3,4)5)76(80)70-68-66-64-62-60-58-56-54-52-50-48-46-44-42-35-33-31-29-27-25-23-21-19-17-15-13-11-9-7-2/h8,10,14,16,20,22,26,28,75-76,80H,6-7,9,11-13,15,17-19,21,23-25,27,29-74H2,1-5H3,(H-,78,81,82,83)/b10-8-,16-14-,22-20-,28-26-. The number of rotatable bonds is 71. The summed E-state index contributed by atoms with van der Waals surface area (Å²) < 4.78 is 23.6. The molecule has 0 saturated heterocycles. The molecule has 8 nitrogen and oxygen atoms in total. The van der Waals surface area contributed by atoms with Crippen molar-refractivity contribution < 1.29 is 32.9 Å². The summed E-state index contributed by atoms with van der Waals surface area (Å²) in [5, 5.41) is 14.1. The zero-order valence-electron chi connectivity index (χ0n) is 58.3. The van der Waals surface area contributed by atoms with Gasteiger partial charge in [-0.05, 0) is 51.4 Å². The summed E-state index contributed by atoms with van der Waals surface area (Å²) in [6.07, 6.45) is 92.2. The third-order valence-electron chi connectivity index (χ3n) is 17.6. The number of phosphoric ester groups is 1. The summed E-state index contributed by atoms with van der Waals surface area (Å²) in [5.74, 6) is -0.156. The highest BCUT2D eigenvalue weighted by atomic mass is 31.2. The lowest BCUT2D eigenvalue weighted by molar-refractivity contribution is -0.870. The molecule has 0 heterocycles. The van der Waals surface area contributed by atoms with Gasteiger partial charge in [0, 0.05) is 6.42 Å². The number of carbonyl (C=O) groups is 1. The molecule has 9 heteroatoms. The summed E-state index contributed by atoms with van der Waals surface area (Å²) in [6.45, 7) is 4.67. The number of amides is 1. The monoisotopic (exact) mass is 1230 g/mol. The predicted molar refractivity (Wildman–Crippen MR) is 376 cm³/mol. The minimum Gasteiger partial charge on any atom is -0.756 e. The maximum atomic E-state index is 13.1. The van der Waals surface area contributed by atoms with E-state index in [9.17, 15) is 19.4 Å². The number of allylic oxidation sites excluding steroid dienone is 8. The number of hydrogen-bond donors (Lipinski definition) is 2. The lowest BCUT2D eigenvalue weighted by atomic mass is 10.0. The molecule has 0 fully saturated rings. The first-order valence-electron chi connectivity index (χ1n) is 38.0. The van der Waals surface area contributed by atoms with Crippen LogP contribution in [0.1, 0.15) is 386 Å². The van der Waals surface area contributed by atoms with Gasteiger partial charge >= 0.3 is 0 Å². The van der Waals surface area contributed by atoms with E-state index in [1.165, 1.54) is 295 Å². The van der Waals surface area contributed by atoms with Gasteiger partial charge in [-0.25, -0.2) is 0 Å². The summed E-state index contributed by atoms with van der Waals surface area (Å²) in [6, 6.07) is -0.801. The zero-order chi connectivity index (χ0) is 62.6. The van der Waals surface area contributed by atoms with Crippen LogP contribution in [-0.2, 0) is 18.4 Å². The molecule has 0 aromatic rings. The summed E-state index contributed by atoms with van der Waals surface area (Å²) in [7, 11) is 1.32. The van der Waals surface area contributed by atoms with E-state index in [-0.39, 0.29) is 19.1 Å². The summed E-state index contributed by atoms with van der Waals surface area (Å²) in [5.41, 5.74) is 0. The number of quaternary nitrogens is 1. The van der Waals surface area contributed by atoms with Crippen LogP contribution >= 0.6 is 7.82 Å². The number of likely N-dealkylation sites (N-methyl/N-ethyl adjacent to an activating group) is 1. The van der Waals surface area contributed by atoms with Gasteiger partial charge in [0.1, 0.15) is 13.2 Å². The van der Waals surface area contributed by atoms with Crippen molar-refractivity contribution in [1.82, 2.24) is 5.32 Å². The molecule has 3 atom stereocenters. The summed E-state index contributed by atoms with van der Waals surface area (Å²) in [4.78, 5) is 25.7. The quantitative estimate of drug-likeness (QED) is 0.0272. The highest BCUT2D eigenvalue weighted by molar-refractivity contribution is 7.45. The van der Waals surface area contributed by atoms with Crippen LogP contribution in [0.25, 0.3) is 0 Å². The Hall–Kier alpha value is -1.54. The maximum absolute atomic E-state index is 13.1. The molecular formula is C77H149N2O6P. The van der Waals surface area contributed by atoms with Gasteiger partial charge in [0.2, 0.25) is 5.91 Å². The molecule has 0 aromatic heterocycles. The Kier molecular flexibility index (Phi) is 66.6. The van der Waals surface area contributed by atoms with Crippen LogP contribution in [0.5, 0.6) is 0 Å². The second kappa shape index (κ2) is 67.8. The van der Waals surface area contributed by atoms with Gasteiger partial charge in [0.15, 0.2) is 0 Å². The second-order valence-electron chi connectivity index (χ2n) is 27.3. The number of nitrogens with zero attached hydrogens (tertiary/aromatic N) is 1. The molecule has 0 aromatic carbocycles. The molecule has 0 rings (SSSR count). The van der Waals surface area contributed by atoms with Gasteiger partial charge in [0.05, 0.1) is 39.9 Å². The largest absolute Gasteiger partial charge is 0.756 e. The van der Waals surface area contributed by atoms with E-state index in [0.29, 0.717) is 23.9 Å². The molecule has 86 heavy (non-hydrogen) atoms. The van der Waals surface area contributed by atoms with Crippen molar-refractivity contribution in [3.8, 4) is 0 Å². The van der Waals surface area contributed by atoms with Crippen molar-refractivity contribution in [3.05, 3.63) is 48.6 Å². The number of aliphatic hydroxyl groups excluding tert-OH is 1. The molecule has 3 unspecified atom stereocenters. The SMILES string of the molecule is CC/C=C\C/C=C\C/C=C\C/C=C\CCCCCCCCCCCCCCCCCCCCCCCCC(=O)NC(COP(=O)([O-])OCC[N+](C)(C)C)C(O)CCCCCCCCCCCCCCCCCCCCCCCCCCCCCCC. The van der Waals surface area contributed by atoms with Gasteiger partial charge in [-0.2, -0.15) is 0 Å². The molecule has 0 bridgehead atoms. The van der Waals surface area contributed by atoms with E-state index < -0.39 is 20.0 Å². The second-order valence-corrected chi connectivity index (χ2v) is 28.7. The normalized spacial score (nSPS) is 13.8. The first-order valence-corrected chi connectivity index (χ1v) is 39.4. The molecule has 0 radical (unpaired) electrons. The predicted octanol–water partition coefficient (Wildman–Crippen LogP) is 23.9. The van der Waals surface area contributed by atoms with E-state index in [0.717, 1.165) is 64.2 Å². The molecule has 508 valence electrons. The first kappa shape index (κ1) is 84.5. The average molecular weight is 1230 g/mol. The smallest absolute Gasteiger partial charge is 0.268 e. The average Bonchev–Trinajstić information content (AvgIpc) is 3.70. The van der Waals surface area contributed by atoms with Gasteiger partial charge in [0.25, 0.3) is 7.82 Å². The topological polar surface area (TPSA) is 108 Å². The number of phosphoric acid groups is 1. The minimum atomic E-state index is -4.58. The zero-order valence-corrected chi connectivity index (χ0v) is 59.2. The fourth-order valence-corrected chi connectivity index (χ4v) is 12.5. The highest BCUT2D eigenvalue weighted by Gasteiger charge is 2.24. The van der Waals surface area contributed by atoms with Crippen LogP contribution < -0.4 is 10.2 Å². The summed E-state index contributed by atoms with van der Waals surface area (Å²) >= 11 is 0. The number of hydrogen-bond acceptors (Lipinski definition) is 6. The fraction of sp³-hybridized carbons (Fsp3) is 0.883. The van der Waals surface area contributed by atoms with Gasteiger partial charge < -0.3 is 28.8 Å². The molecule has 0 saturated carbocycles. The van der Waals surface area contributed by atoms with Crippen LogP contribution in [0.2, 0.25) is 0 Å². The van der Waals surface area contributed by atoms with Crippen molar-refractivity contribution in [3.63, 3.8) is 0 Å². The Balaban J connectivity index is 3.94. The van der Waals surface area contributed by atoms with Crippen molar-refractivity contribution in [1.29, 1.82) is 0 Å². The van der Waals surface area contributed by atoms with E-state index in [4.69, 9.17) is 9.05 Å². The van der Waals surface area contributed by atoms with Crippen LogP contribution in [0, 0.1) is 0 Å². The maximum Gasteiger partial charge on any atom is 0.268 e. The molecule has 0 aliphatic rings. The Morgan fingerprint density at radius 2 is 0.709 bits per heavy atom. The van der Waals surface area contributed by atoms with Crippen LogP contribution in [0.4, 0.5) is 0 Å². The lowest BCUT2D eigenvalue weighted by Gasteiger charge is -2.30. The number of carbonyl (C=O) groups excluding carboxylic acids is 1. The van der Waals surface area contributed by atoms with E-state index in [2.05, 4.69) is 67.8 Å². The van der Waals surface area contributed by atoms with Crippen molar-refractivity contribution in [2.45, 2.75) is 398 Å². The molecule has 0 aliphatic carbocycles. The molecule has 0 spiro atoms. The minimum absolute atomic E-state index is 0.0143. The van der Waals surface area contributed by atoms with Crippen molar-refractivity contribution >= 4 is 13.7 Å². The third-order valence-corrected chi connectivity index (χ3v) is 18.5. The molecule has 1 amide bonds. The number of aliphatic hydroxyl groups is 1. The lowest BCUT2D eigenvalue weighted by Crippen LogP contribution is -2.46. The highest BCUT2D eigenvalue weighted by Crippen LogP contribution is 2.38. The van der Waals surface area contributed by atoms with Gasteiger partial charge in [-0.1, -0.05) is 377 Å². The Morgan fingerprint density at radius 3 is 1.03 bits per heavy atom. The van der Waals surface area contributed by atoms with E-state index in [1.807, 2.05) is 21.1 Å². The van der Waals surface area contributed by atoms with Crippen molar-refractivity contribution in [2.24, 2.45) is 0 Å². The first-order chi connectivity index (χ1) is 42.0. The van der Waals surface area contributed by atoms with Crippen molar-refractivity contribution in [2.75, 3.05) is 40.9 Å². The van der Waals surface area contributed by atoms with E-state index in [1.54, 1.807) is 0 Å². The number of nitrogens with one attached hydrogen (secondary N) is 1. The molecular weight excluding hydrogens is 1080 g/mol. The van der Waals surface area contributed by atoms with Crippen LogP contribution in [0.3, 0.4) is 0 Å². The molecule has 0 aliphatic heterocycles. The van der Waals surface area contributed by atoms with Gasteiger partial charge in [-0.3, -0.25) is 9.36 Å². The fourth-order valence-electron chi connectivity index (χ4n) is 11.7. The van der Waals surface area contributed by atoms with Crippen LogP contribution in [0.15, 0.2) is 48.6 Å². The molecule has 2 N–H and O–H groups in total. The van der Waals surface area contributed by atoms with Crippen LogP contribution in [-0.4, -0.2) is 68.5 Å². The van der Waals surface area contributed by atoms with Gasteiger partial charge in [-0.15, -0.1) is 0 Å². The number of unbranched alkanes of at least 4 members (excludes halogenated alkanes) is 50. The Bertz CT molecular complexity index is 1540. The van der Waals surface area contributed by atoms with E-state index >= 15 is 0 Å². The third kappa shape index (κ3) is 69.9.